The molecule has 0 aromatic carbocycles. The van der Waals surface area contributed by atoms with E-state index in [1.54, 1.807) is 28.6 Å². The van der Waals surface area contributed by atoms with Crippen molar-refractivity contribution in [3.05, 3.63) is 29.2 Å². The normalized spacial score (nSPS) is 10.8. The van der Waals surface area contributed by atoms with Crippen LogP contribution in [-0.4, -0.2) is 16.7 Å². The molecule has 0 radical (unpaired) electrons. The maximum Gasteiger partial charge on any atom is 0.174 e. The van der Waals surface area contributed by atoms with Crippen LogP contribution in [0.3, 0.4) is 0 Å². The Morgan fingerprint density at radius 2 is 2.31 bits per heavy atom. The monoisotopic (exact) mass is 255 g/mol. The van der Waals surface area contributed by atoms with Crippen LogP contribution in [0.4, 0.5) is 0 Å². The molecular formula is C10H13N3OS2. The van der Waals surface area contributed by atoms with E-state index < -0.39 is 0 Å². The van der Waals surface area contributed by atoms with Crippen LogP contribution in [0.1, 0.15) is 18.4 Å². The molecule has 6 heteroatoms. The van der Waals surface area contributed by atoms with Crippen LogP contribution in [-0.2, 0) is 12.3 Å². The van der Waals surface area contributed by atoms with Crippen LogP contribution < -0.4 is 5.32 Å². The second-order valence-corrected chi connectivity index (χ2v) is 5.20. The summed E-state index contributed by atoms with van der Waals surface area (Å²) in [7, 11) is 0. The summed E-state index contributed by atoms with van der Waals surface area (Å²) < 4.78 is 6.63. The molecule has 86 valence electrons. The molecule has 0 aliphatic heterocycles. The molecule has 2 aromatic rings. The van der Waals surface area contributed by atoms with Gasteiger partial charge in [-0.25, -0.2) is 0 Å². The van der Waals surface area contributed by atoms with E-state index in [1.165, 1.54) is 0 Å². The van der Waals surface area contributed by atoms with Gasteiger partial charge in [0.2, 0.25) is 0 Å². The molecule has 0 spiro atoms. The lowest BCUT2D eigenvalue weighted by atomic mass is 10.4. The summed E-state index contributed by atoms with van der Waals surface area (Å²) in [5.74, 6) is 2.77. The minimum absolute atomic E-state index is 0.792. The highest BCUT2D eigenvalue weighted by atomic mass is 32.2. The first kappa shape index (κ1) is 11.6. The summed E-state index contributed by atoms with van der Waals surface area (Å²) in [5.41, 5.74) is 1.74. The lowest BCUT2D eigenvalue weighted by molar-refractivity contribution is 0.463. The number of nitrogens with one attached hydrogen (secondary N) is 1. The minimum atomic E-state index is 0.792. The predicted molar refractivity (Wildman–Crippen MR) is 65.6 cm³/mol. The highest BCUT2D eigenvalue weighted by molar-refractivity contribution is 8.00. The van der Waals surface area contributed by atoms with Crippen LogP contribution in [0, 0.1) is 0 Å². The minimum Gasteiger partial charge on any atom is -0.464 e. The molecule has 0 aliphatic rings. The largest absolute Gasteiger partial charge is 0.464 e. The Labute approximate surface area is 102 Å². The Hall–Kier alpha value is -0.850. The number of hydrogen-bond acceptors (Lipinski definition) is 6. The zero-order valence-corrected chi connectivity index (χ0v) is 10.6. The molecule has 1 N–H and O–H groups in total. The smallest absolute Gasteiger partial charge is 0.174 e. The quantitative estimate of drug-likeness (QED) is 0.804. The van der Waals surface area contributed by atoms with Gasteiger partial charge in [-0.2, -0.15) is 0 Å². The zero-order chi connectivity index (χ0) is 11.2. The topological polar surface area (TPSA) is 51.0 Å². The van der Waals surface area contributed by atoms with Crippen molar-refractivity contribution in [2.45, 2.75) is 23.6 Å². The lowest BCUT2D eigenvalue weighted by Crippen LogP contribution is -2.10. The maximum absolute atomic E-state index is 5.66. The number of hydrogen-bond donors (Lipinski definition) is 1. The number of furan rings is 1. The Morgan fingerprint density at radius 3 is 3.06 bits per heavy atom. The Morgan fingerprint density at radius 1 is 1.44 bits per heavy atom. The molecule has 0 aliphatic carbocycles. The summed E-state index contributed by atoms with van der Waals surface area (Å²) in [5, 5.41) is 11.0. The molecule has 2 rings (SSSR count). The van der Waals surface area contributed by atoms with Crippen molar-refractivity contribution in [1.82, 2.24) is 15.5 Å². The standard InChI is InChI=1S/C10H13N3OS2/c1-2-11-5-8-3-4-9(14-8)6-15-10-13-12-7-16-10/h3-4,7,11H,2,5-6H2,1H3. The fraction of sp³-hybridized carbons (Fsp3) is 0.400. The van der Waals surface area contributed by atoms with Gasteiger partial charge >= 0.3 is 0 Å². The molecule has 0 bridgehead atoms. The highest BCUT2D eigenvalue weighted by Crippen LogP contribution is 2.24. The van der Waals surface area contributed by atoms with E-state index >= 15 is 0 Å². The average Bonchev–Trinajstić information content (AvgIpc) is 2.95. The summed E-state index contributed by atoms with van der Waals surface area (Å²) in [6.07, 6.45) is 0. The first-order chi connectivity index (χ1) is 7.88. The highest BCUT2D eigenvalue weighted by Gasteiger charge is 2.04. The third-order valence-corrected chi connectivity index (χ3v) is 3.83. The Balaban J connectivity index is 1.83. The zero-order valence-electron chi connectivity index (χ0n) is 8.97. The van der Waals surface area contributed by atoms with Gasteiger partial charge in [0.25, 0.3) is 0 Å². The fourth-order valence-electron chi connectivity index (χ4n) is 1.20. The molecule has 4 nitrogen and oxygen atoms in total. The lowest BCUT2D eigenvalue weighted by Gasteiger charge is -1.97. The van der Waals surface area contributed by atoms with Gasteiger partial charge < -0.3 is 9.73 Å². The molecular weight excluding hydrogens is 242 g/mol. The summed E-state index contributed by atoms with van der Waals surface area (Å²) in [6.45, 7) is 3.82. The van der Waals surface area contributed by atoms with Crippen LogP contribution in [0.5, 0.6) is 0 Å². The molecule has 0 saturated heterocycles. The third kappa shape index (κ3) is 3.33. The number of thioether (sulfide) groups is 1. The van der Waals surface area contributed by atoms with E-state index in [0.29, 0.717) is 0 Å². The van der Waals surface area contributed by atoms with Crippen molar-refractivity contribution in [2.24, 2.45) is 0 Å². The number of aromatic nitrogens is 2. The second kappa shape index (κ2) is 6.03. The summed E-state index contributed by atoms with van der Waals surface area (Å²) >= 11 is 3.20. The van der Waals surface area contributed by atoms with Gasteiger partial charge in [-0.15, -0.1) is 10.2 Å². The van der Waals surface area contributed by atoms with Crippen LogP contribution in [0.2, 0.25) is 0 Å². The van der Waals surface area contributed by atoms with Gasteiger partial charge in [0.05, 0.1) is 12.3 Å². The van der Waals surface area contributed by atoms with Crippen molar-refractivity contribution >= 4 is 23.1 Å². The van der Waals surface area contributed by atoms with Gasteiger partial charge in [0.1, 0.15) is 17.0 Å². The Bertz CT molecular complexity index is 413. The van der Waals surface area contributed by atoms with Crippen LogP contribution >= 0.6 is 23.1 Å². The van der Waals surface area contributed by atoms with Crippen LogP contribution in [0.15, 0.2) is 26.4 Å². The van der Waals surface area contributed by atoms with Crippen molar-refractivity contribution in [3.8, 4) is 0 Å². The molecule has 16 heavy (non-hydrogen) atoms. The summed E-state index contributed by atoms with van der Waals surface area (Å²) in [4.78, 5) is 0. The predicted octanol–water partition coefficient (Wildman–Crippen LogP) is 2.53. The third-order valence-electron chi connectivity index (χ3n) is 1.94. The first-order valence-corrected chi connectivity index (χ1v) is 6.92. The summed E-state index contributed by atoms with van der Waals surface area (Å²) in [6, 6.07) is 4.03. The number of nitrogens with zero attached hydrogens (tertiary/aromatic N) is 2. The molecule has 2 aromatic heterocycles. The number of rotatable bonds is 6. The second-order valence-electron chi connectivity index (χ2n) is 3.14. The molecule has 0 atom stereocenters. The van der Waals surface area contributed by atoms with Crippen molar-refractivity contribution < 1.29 is 4.42 Å². The van der Waals surface area contributed by atoms with Crippen molar-refractivity contribution in [1.29, 1.82) is 0 Å². The van der Waals surface area contributed by atoms with E-state index in [-0.39, 0.29) is 0 Å². The van der Waals surface area contributed by atoms with Gasteiger partial charge in [-0.1, -0.05) is 30.0 Å². The van der Waals surface area contributed by atoms with Crippen molar-refractivity contribution in [3.63, 3.8) is 0 Å². The molecule has 2 heterocycles. The maximum atomic E-state index is 5.66. The van der Waals surface area contributed by atoms with Gasteiger partial charge in [0, 0.05) is 0 Å². The molecule has 0 saturated carbocycles. The van der Waals surface area contributed by atoms with E-state index in [1.807, 2.05) is 12.1 Å². The van der Waals surface area contributed by atoms with E-state index in [4.69, 9.17) is 4.42 Å². The van der Waals surface area contributed by atoms with Crippen LogP contribution in [0.25, 0.3) is 0 Å². The van der Waals surface area contributed by atoms with Crippen molar-refractivity contribution in [2.75, 3.05) is 6.54 Å². The SMILES string of the molecule is CCNCc1ccc(CSc2nncs2)o1. The van der Waals surface area contributed by atoms with E-state index in [0.717, 1.165) is 34.7 Å². The first-order valence-electron chi connectivity index (χ1n) is 5.05. The van der Waals surface area contributed by atoms with E-state index in [9.17, 15) is 0 Å². The average molecular weight is 255 g/mol. The molecule has 0 amide bonds. The van der Waals surface area contributed by atoms with E-state index in [2.05, 4.69) is 22.4 Å². The Kier molecular flexibility index (Phi) is 4.38. The van der Waals surface area contributed by atoms with Gasteiger partial charge in [-0.05, 0) is 18.7 Å². The fourth-order valence-corrected chi connectivity index (χ4v) is 2.58. The van der Waals surface area contributed by atoms with Gasteiger partial charge in [0.15, 0.2) is 4.34 Å². The molecule has 0 unspecified atom stereocenters. The van der Waals surface area contributed by atoms with Gasteiger partial charge in [-0.3, -0.25) is 0 Å². The molecule has 0 fully saturated rings.